The molecule has 21 heavy (non-hydrogen) atoms. The molecular formula is C16H23ClN2O2. The van der Waals surface area contributed by atoms with Crippen molar-refractivity contribution in [2.75, 3.05) is 26.7 Å². The zero-order valence-corrected chi connectivity index (χ0v) is 13.3. The second-order valence-corrected chi connectivity index (χ2v) is 5.03. The minimum absolute atomic E-state index is 0. The third-order valence-corrected chi connectivity index (χ3v) is 3.63. The Morgan fingerprint density at radius 2 is 2.29 bits per heavy atom. The first-order valence-electron chi connectivity index (χ1n) is 7.01. The van der Waals surface area contributed by atoms with Gasteiger partial charge in [-0.05, 0) is 37.6 Å². The normalized spacial score (nSPS) is 15.4. The average molecular weight is 311 g/mol. The van der Waals surface area contributed by atoms with E-state index in [0.29, 0.717) is 6.54 Å². The van der Waals surface area contributed by atoms with Gasteiger partial charge in [-0.3, -0.25) is 4.79 Å². The van der Waals surface area contributed by atoms with Crippen LogP contribution in [-0.2, 0) is 4.79 Å². The van der Waals surface area contributed by atoms with Crippen molar-refractivity contribution in [2.45, 2.75) is 19.3 Å². The number of hydrogen-bond donors (Lipinski definition) is 2. The molecule has 0 aliphatic carbocycles. The van der Waals surface area contributed by atoms with Crippen LogP contribution < -0.4 is 15.4 Å². The second-order valence-electron chi connectivity index (χ2n) is 5.03. The smallest absolute Gasteiger partial charge is 0.227 e. The van der Waals surface area contributed by atoms with E-state index >= 15 is 0 Å². The lowest BCUT2D eigenvalue weighted by molar-refractivity contribution is -0.122. The number of benzene rings is 1. The van der Waals surface area contributed by atoms with Crippen LogP contribution in [0.4, 0.5) is 0 Å². The van der Waals surface area contributed by atoms with Crippen LogP contribution in [0.2, 0.25) is 0 Å². The van der Waals surface area contributed by atoms with Gasteiger partial charge in [-0.15, -0.1) is 12.4 Å². The lowest BCUT2D eigenvalue weighted by atomic mass is 10.00. The van der Waals surface area contributed by atoms with Gasteiger partial charge < -0.3 is 15.4 Å². The Morgan fingerprint density at radius 1 is 1.48 bits per heavy atom. The fourth-order valence-corrected chi connectivity index (χ4v) is 2.25. The van der Waals surface area contributed by atoms with Crippen LogP contribution in [-0.4, -0.2) is 32.7 Å². The van der Waals surface area contributed by atoms with Gasteiger partial charge in [-0.2, -0.15) is 0 Å². The predicted molar refractivity (Wildman–Crippen MR) is 87.2 cm³/mol. The minimum atomic E-state index is -0.174. The van der Waals surface area contributed by atoms with E-state index in [4.69, 9.17) is 4.74 Å². The number of hydrogen-bond acceptors (Lipinski definition) is 3. The molecule has 116 valence electrons. The molecule has 0 radical (unpaired) electrons. The summed E-state index contributed by atoms with van der Waals surface area (Å²) in [5, 5.41) is 6.27. The van der Waals surface area contributed by atoms with Crippen LogP contribution in [0.1, 0.15) is 24.8 Å². The first kappa shape index (κ1) is 17.5. The monoisotopic (exact) mass is 310 g/mol. The molecule has 1 aliphatic heterocycles. The SMILES string of the molecule is COc1cccc(C(C)C(=O)NCC2=CCNCC2)c1.Cl. The molecule has 1 aromatic rings. The van der Waals surface area contributed by atoms with Crippen LogP contribution in [0.5, 0.6) is 5.75 Å². The molecule has 1 unspecified atom stereocenters. The molecule has 0 spiro atoms. The maximum absolute atomic E-state index is 12.2. The van der Waals surface area contributed by atoms with Crippen LogP contribution in [0, 0.1) is 0 Å². The van der Waals surface area contributed by atoms with E-state index in [2.05, 4.69) is 16.7 Å². The van der Waals surface area contributed by atoms with Crippen molar-refractivity contribution in [1.82, 2.24) is 10.6 Å². The van der Waals surface area contributed by atoms with Crippen LogP contribution >= 0.6 is 12.4 Å². The minimum Gasteiger partial charge on any atom is -0.497 e. The van der Waals surface area contributed by atoms with Gasteiger partial charge >= 0.3 is 0 Å². The molecule has 1 aliphatic rings. The van der Waals surface area contributed by atoms with Crippen molar-refractivity contribution in [1.29, 1.82) is 0 Å². The topological polar surface area (TPSA) is 50.4 Å². The Kier molecular flexibility index (Phi) is 7.26. The molecule has 5 heteroatoms. The zero-order valence-electron chi connectivity index (χ0n) is 12.5. The number of methoxy groups -OCH3 is 1. The number of rotatable bonds is 5. The van der Waals surface area contributed by atoms with Gasteiger partial charge in [0.2, 0.25) is 5.91 Å². The number of carbonyl (C=O) groups excluding carboxylic acids is 1. The van der Waals surface area contributed by atoms with Crippen molar-refractivity contribution in [3.05, 3.63) is 41.5 Å². The summed E-state index contributed by atoms with van der Waals surface area (Å²) in [5.41, 5.74) is 2.27. The highest BCUT2D eigenvalue weighted by Gasteiger charge is 2.16. The molecule has 1 atom stereocenters. The van der Waals surface area contributed by atoms with E-state index in [1.165, 1.54) is 5.57 Å². The Bertz CT molecular complexity index is 503. The molecular weight excluding hydrogens is 288 g/mol. The summed E-state index contributed by atoms with van der Waals surface area (Å²) in [4.78, 5) is 12.2. The highest BCUT2D eigenvalue weighted by atomic mass is 35.5. The standard InChI is InChI=1S/C16H22N2O2.ClH/c1-12(14-4-3-5-15(10-14)20-2)16(19)18-11-13-6-8-17-9-7-13;/h3-6,10,12,17H,7-9,11H2,1-2H3,(H,18,19);1H. The van der Waals surface area contributed by atoms with Gasteiger partial charge in [0.05, 0.1) is 13.0 Å². The van der Waals surface area contributed by atoms with Crippen molar-refractivity contribution < 1.29 is 9.53 Å². The summed E-state index contributed by atoms with van der Waals surface area (Å²) < 4.78 is 5.19. The molecule has 0 saturated heterocycles. The van der Waals surface area contributed by atoms with E-state index in [9.17, 15) is 4.79 Å². The summed E-state index contributed by atoms with van der Waals surface area (Å²) in [7, 11) is 1.63. The Morgan fingerprint density at radius 3 is 2.95 bits per heavy atom. The third kappa shape index (κ3) is 5.06. The van der Waals surface area contributed by atoms with Gasteiger partial charge in [-0.25, -0.2) is 0 Å². The first-order valence-corrected chi connectivity index (χ1v) is 7.01. The molecule has 0 aromatic heterocycles. The zero-order chi connectivity index (χ0) is 14.4. The maximum Gasteiger partial charge on any atom is 0.227 e. The Labute approximate surface area is 132 Å². The average Bonchev–Trinajstić information content (AvgIpc) is 2.53. The predicted octanol–water partition coefficient (Wildman–Crippen LogP) is 2.26. The number of ether oxygens (including phenoxy) is 1. The Hall–Kier alpha value is -1.52. The second kappa shape index (κ2) is 8.70. The summed E-state index contributed by atoms with van der Waals surface area (Å²) in [5.74, 6) is 0.660. The van der Waals surface area contributed by atoms with Gasteiger partial charge in [0.25, 0.3) is 0 Å². The number of halogens is 1. The van der Waals surface area contributed by atoms with E-state index in [1.807, 2.05) is 31.2 Å². The number of nitrogens with one attached hydrogen (secondary N) is 2. The molecule has 2 rings (SSSR count). The van der Waals surface area contributed by atoms with Gasteiger partial charge in [0, 0.05) is 13.1 Å². The highest BCUT2D eigenvalue weighted by Crippen LogP contribution is 2.20. The molecule has 0 bridgehead atoms. The molecule has 0 fully saturated rings. The van der Waals surface area contributed by atoms with Crippen molar-refractivity contribution >= 4 is 18.3 Å². The molecule has 1 amide bonds. The van der Waals surface area contributed by atoms with Crippen LogP contribution in [0.3, 0.4) is 0 Å². The van der Waals surface area contributed by atoms with Gasteiger partial charge in [0.1, 0.15) is 5.75 Å². The summed E-state index contributed by atoms with van der Waals surface area (Å²) in [6.07, 6.45) is 3.16. The summed E-state index contributed by atoms with van der Waals surface area (Å²) in [6, 6.07) is 7.66. The largest absolute Gasteiger partial charge is 0.497 e. The number of amides is 1. The lowest BCUT2D eigenvalue weighted by Crippen LogP contribution is -2.32. The van der Waals surface area contributed by atoms with Gasteiger partial charge in [-0.1, -0.05) is 23.8 Å². The lowest BCUT2D eigenvalue weighted by Gasteiger charge is -2.17. The Balaban J connectivity index is 0.00000220. The first-order chi connectivity index (χ1) is 9.70. The van der Waals surface area contributed by atoms with Crippen molar-refractivity contribution in [2.24, 2.45) is 0 Å². The summed E-state index contributed by atoms with van der Waals surface area (Å²) >= 11 is 0. The number of carbonyl (C=O) groups is 1. The van der Waals surface area contributed by atoms with Crippen LogP contribution in [0.25, 0.3) is 0 Å². The highest BCUT2D eigenvalue weighted by molar-refractivity contribution is 5.85. The van der Waals surface area contributed by atoms with E-state index in [0.717, 1.165) is 30.8 Å². The summed E-state index contributed by atoms with van der Waals surface area (Å²) in [6.45, 7) is 4.46. The molecule has 2 N–H and O–H groups in total. The van der Waals surface area contributed by atoms with E-state index in [1.54, 1.807) is 7.11 Å². The molecule has 4 nitrogen and oxygen atoms in total. The molecule has 1 heterocycles. The van der Waals surface area contributed by atoms with Crippen LogP contribution in [0.15, 0.2) is 35.9 Å². The molecule has 1 aromatic carbocycles. The van der Waals surface area contributed by atoms with E-state index in [-0.39, 0.29) is 24.2 Å². The van der Waals surface area contributed by atoms with Gasteiger partial charge in [0.15, 0.2) is 0 Å². The van der Waals surface area contributed by atoms with Crippen molar-refractivity contribution in [3.8, 4) is 5.75 Å². The maximum atomic E-state index is 12.2. The van der Waals surface area contributed by atoms with E-state index < -0.39 is 0 Å². The third-order valence-electron chi connectivity index (χ3n) is 3.63. The molecule has 0 saturated carbocycles. The van der Waals surface area contributed by atoms with Crippen molar-refractivity contribution in [3.63, 3.8) is 0 Å². The fraction of sp³-hybridized carbons (Fsp3) is 0.438. The quantitative estimate of drug-likeness (QED) is 0.820. The fourth-order valence-electron chi connectivity index (χ4n) is 2.25.